The largest absolute Gasteiger partial charge is 0.462 e. The summed E-state index contributed by atoms with van der Waals surface area (Å²) in [7, 11) is 0. The molecule has 3 rings (SSSR count). The zero-order valence-corrected chi connectivity index (χ0v) is 13.3. The number of fused-ring (bicyclic) bond motifs is 2. The van der Waals surface area contributed by atoms with Crippen molar-refractivity contribution in [1.82, 2.24) is 0 Å². The maximum atomic E-state index is 13.6. The zero-order chi connectivity index (χ0) is 16.1. The SMILES string of the molecule is CC1(C)[C@@H]2CC[C@@]1(C)[C@@H](OC(=O)Cc1ccc(F)cc1F)C2. The van der Waals surface area contributed by atoms with Crippen LogP contribution in [-0.4, -0.2) is 12.1 Å². The Hall–Kier alpha value is -1.45. The van der Waals surface area contributed by atoms with Gasteiger partial charge in [0.1, 0.15) is 17.7 Å². The van der Waals surface area contributed by atoms with Crippen LogP contribution in [0.2, 0.25) is 0 Å². The highest BCUT2D eigenvalue weighted by atomic mass is 19.1. The van der Waals surface area contributed by atoms with Gasteiger partial charge in [-0.3, -0.25) is 4.79 Å². The van der Waals surface area contributed by atoms with Gasteiger partial charge in [-0.25, -0.2) is 8.78 Å². The number of hydrogen-bond donors (Lipinski definition) is 0. The summed E-state index contributed by atoms with van der Waals surface area (Å²) in [5.41, 5.74) is 0.340. The van der Waals surface area contributed by atoms with Crippen LogP contribution in [0.3, 0.4) is 0 Å². The third-order valence-corrected chi connectivity index (χ3v) is 6.34. The maximum absolute atomic E-state index is 13.6. The topological polar surface area (TPSA) is 26.3 Å². The molecular formula is C18H22F2O2. The van der Waals surface area contributed by atoms with E-state index in [4.69, 9.17) is 4.74 Å². The van der Waals surface area contributed by atoms with E-state index in [9.17, 15) is 13.6 Å². The fourth-order valence-electron chi connectivity index (χ4n) is 4.33. The first kappa shape index (κ1) is 15.4. The predicted octanol–water partition coefficient (Wildman–Crippen LogP) is 4.27. The quantitative estimate of drug-likeness (QED) is 0.780. The molecule has 0 amide bonds. The van der Waals surface area contributed by atoms with Crippen LogP contribution < -0.4 is 0 Å². The van der Waals surface area contributed by atoms with Gasteiger partial charge in [0.15, 0.2) is 0 Å². The van der Waals surface area contributed by atoms with E-state index in [0.29, 0.717) is 5.92 Å². The summed E-state index contributed by atoms with van der Waals surface area (Å²) >= 11 is 0. The van der Waals surface area contributed by atoms with E-state index in [0.717, 1.165) is 25.0 Å². The van der Waals surface area contributed by atoms with Gasteiger partial charge in [0.25, 0.3) is 0 Å². The minimum Gasteiger partial charge on any atom is -0.462 e. The molecule has 2 fully saturated rings. The number of carbonyl (C=O) groups excluding carboxylic acids is 1. The lowest BCUT2D eigenvalue weighted by atomic mass is 9.70. The Balaban J connectivity index is 1.68. The first-order valence-electron chi connectivity index (χ1n) is 7.87. The van der Waals surface area contributed by atoms with Crippen LogP contribution in [0, 0.1) is 28.4 Å². The predicted molar refractivity (Wildman–Crippen MR) is 79.2 cm³/mol. The van der Waals surface area contributed by atoms with E-state index < -0.39 is 17.6 Å². The Labute approximate surface area is 129 Å². The lowest BCUT2D eigenvalue weighted by Crippen LogP contribution is -2.38. The summed E-state index contributed by atoms with van der Waals surface area (Å²) < 4.78 is 32.2. The minimum absolute atomic E-state index is 0.00529. The summed E-state index contributed by atoms with van der Waals surface area (Å²) in [6.45, 7) is 6.69. The number of halogens is 2. The molecule has 22 heavy (non-hydrogen) atoms. The molecule has 2 aliphatic rings. The van der Waals surface area contributed by atoms with Crippen molar-refractivity contribution in [1.29, 1.82) is 0 Å². The summed E-state index contributed by atoms with van der Waals surface area (Å²) in [6.07, 6.45) is 2.89. The fraction of sp³-hybridized carbons (Fsp3) is 0.611. The molecule has 120 valence electrons. The van der Waals surface area contributed by atoms with Gasteiger partial charge in [-0.15, -0.1) is 0 Å². The van der Waals surface area contributed by atoms with E-state index in [1.807, 2.05) is 0 Å². The Morgan fingerprint density at radius 1 is 1.32 bits per heavy atom. The van der Waals surface area contributed by atoms with Crippen LogP contribution in [-0.2, 0) is 16.0 Å². The van der Waals surface area contributed by atoms with Crippen molar-refractivity contribution in [2.75, 3.05) is 0 Å². The minimum atomic E-state index is -0.698. The summed E-state index contributed by atoms with van der Waals surface area (Å²) in [4.78, 5) is 12.2. The highest BCUT2D eigenvalue weighted by molar-refractivity contribution is 5.73. The van der Waals surface area contributed by atoms with Gasteiger partial charge in [-0.2, -0.15) is 0 Å². The van der Waals surface area contributed by atoms with Crippen molar-refractivity contribution in [2.24, 2.45) is 16.7 Å². The van der Waals surface area contributed by atoms with Crippen molar-refractivity contribution in [3.05, 3.63) is 35.4 Å². The Kier molecular flexibility index (Phi) is 3.54. The number of ether oxygens (including phenoxy) is 1. The molecule has 3 atom stereocenters. The van der Waals surface area contributed by atoms with Gasteiger partial charge < -0.3 is 4.74 Å². The standard InChI is InChI=1S/C18H22F2O2/c1-17(2)12-6-7-18(17,3)15(9-12)22-16(21)8-11-4-5-13(19)10-14(11)20/h4-5,10,12,15H,6-9H2,1-3H3/t12-,15+,18+/m1/s1. The molecule has 0 radical (unpaired) electrons. The summed E-state index contributed by atoms with van der Waals surface area (Å²) in [5, 5.41) is 0. The number of hydrogen-bond acceptors (Lipinski definition) is 2. The third-order valence-electron chi connectivity index (χ3n) is 6.34. The Morgan fingerprint density at radius 3 is 2.59 bits per heavy atom. The molecule has 1 aromatic carbocycles. The number of benzene rings is 1. The molecule has 0 N–H and O–H groups in total. The van der Waals surface area contributed by atoms with Crippen molar-refractivity contribution < 1.29 is 18.3 Å². The fourth-order valence-corrected chi connectivity index (χ4v) is 4.33. The zero-order valence-electron chi connectivity index (χ0n) is 13.3. The first-order chi connectivity index (χ1) is 10.2. The van der Waals surface area contributed by atoms with E-state index in [1.165, 1.54) is 12.5 Å². The van der Waals surface area contributed by atoms with Gasteiger partial charge >= 0.3 is 5.97 Å². The van der Waals surface area contributed by atoms with Crippen molar-refractivity contribution in [3.63, 3.8) is 0 Å². The molecule has 2 bridgehead atoms. The van der Waals surface area contributed by atoms with E-state index in [2.05, 4.69) is 20.8 Å². The second-order valence-electron chi connectivity index (χ2n) is 7.50. The molecule has 2 saturated carbocycles. The van der Waals surface area contributed by atoms with Gasteiger partial charge in [-0.1, -0.05) is 26.8 Å². The van der Waals surface area contributed by atoms with Crippen molar-refractivity contribution in [2.45, 2.75) is 52.6 Å². The second kappa shape index (κ2) is 5.04. The van der Waals surface area contributed by atoms with Crippen LogP contribution >= 0.6 is 0 Å². The molecule has 0 saturated heterocycles. The molecule has 2 nitrogen and oxygen atoms in total. The molecule has 4 heteroatoms. The third kappa shape index (κ3) is 2.24. The molecule has 2 aliphatic carbocycles. The van der Waals surface area contributed by atoms with Gasteiger partial charge in [0, 0.05) is 11.5 Å². The van der Waals surface area contributed by atoms with Crippen LogP contribution in [0.15, 0.2) is 18.2 Å². The van der Waals surface area contributed by atoms with Crippen LogP contribution in [0.4, 0.5) is 8.78 Å². The van der Waals surface area contributed by atoms with Gasteiger partial charge in [0.05, 0.1) is 6.42 Å². The number of rotatable bonds is 3. The average Bonchev–Trinajstić information content (AvgIpc) is 2.75. The van der Waals surface area contributed by atoms with Crippen LogP contribution in [0.25, 0.3) is 0 Å². The molecular weight excluding hydrogens is 286 g/mol. The smallest absolute Gasteiger partial charge is 0.310 e. The number of carbonyl (C=O) groups is 1. The summed E-state index contributed by atoms with van der Waals surface area (Å²) in [6, 6.07) is 3.26. The van der Waals surface area contributed by atoms with E-state index in [-0.39, 0.29) is 28.9 Å². The lowest BCUT2D eigenvalue weighted by molar-refractivity contribution is -0.156. The van der Waals surface area contributed by atoms with Crippen molar-refractivity contribution >= 4 is 5.97 Å². The monoisotopic (exact) mass is 308 g/mol. The molecule has 0 aromatic heterocycles. The molecule has 0 spiro atoms. The van der Waals surface area contributed by atoms with Crippen molar-refractivity contribution in [3.8, 4) is 0 Å². The first-order valence-corrected chi connectivity index (χ1v) is 7.87. The highest BCUT2D eigenvalue weighted by Gasteiger charge is 2.62. The van der Waals surface area contributed by atoms with Gasteiger partial charge in [0.2, 0.25) is 0 Å². The molecule has 0 aliphatic heterocycles. The highest BCUT2D eigenvalue weighted by Crippen LogP contribution is 2.66. The maximum Gasteiger partial charge on any atom is 0.310 e. The van der Waals surface area contributed by atoms with Gasteiger partial charge in [-0.05, 0) is 42.2 Å². The number of esters is 1. The Morgan fingerprint density at radius 2 is 2.05 bits per heavy atom. The molecule has 0 heterocycles. The summed E-state index contributed by atoms with van der Waals surface area (Å²) in [5.74, 6) is -1.19. The second-order valence-corrected chi connectivity index (χ2v) is 7.50. The molecule has 1 aromatic rings. The van der Waals surface area contributed by atoms with Crippen LogP contribution in [0.1, 0.15) is 45.6 Å². The molecule has 0 unspecified atom stereocenters. The van der Waals surface area contributed by atoms with E-state index in [1.54, 1.807) is 0 Å². The average molecular weight is 308 g/mol. The lowest BCUT2D eigenvalue weighted by Gasteiger charge is -2.38. The normalized spacial score (nSPS) is 32.2. The Bertz CT molecular complexity index is 611. The van der Waals surface area contributed by atoms with E-state index >= 15 is 0 Å². The van der Waals surface area contributed by atoms with Crippen LogP contribution in [0.5, 0.6) is 0 Å².